The number of esters is 1. The third-order valence-corrected chi connectivity index (χ3v) is 6.79. The molecule has 0 saturated heterocycles. The van der Waals surface area contributed by atoms with Crippen LogP contribution in [0.25, 0.3) is 11.3 Å². The topological polar surface area (TPSA) is 57.7 Å². The number of thiazole rings is 1. The van der Waals surface area contributed by atoms with E-state index in [0.29, 0.717) is 18.1 Å². The van der Waals surface area contributed by atoms with Crippen molar-refractivity contribution in [3.05, 3.63) is 44.9 Å². The molecule has 26 heavy (non-hydrogen) atoms. The van der Waals surface area contributed by atoms with Crippen molar-refractivity contribution in [3.63, 3.8) is 0 Å². The molecule has 5 nitrogen and oxygen atoms in total. The molecule has 0 atom stereocenters. The Morgan fingerprint density at radius 3 is 2.88 bits per heavy atom. The molecule has 0 fully saturated rings. The monoisotopic (exact) mass is 405 g/mol. The van der Waals surface area contributed by atoms with Crippen LogP contribution in [0.5, 0.6) is 11.5 Å². The van der Waals surface area contributed by atoms with Crippen LogP contribution in [0.4, 0.5) is 0 Å². The fraction of sp³-hybridized carbons (Fsp3) is 0.222. The second-order valence-electron chi connectivity index (χ2n) is 5.41. The summed E-state index contributed by atoms with van der Waals surface area (Å²) in [5, 5.41) is 5.05. The molecule has 0 unspecified atom stereocenters. The minimum absolute atomic E-state index is 0.294. The second-order valence-corrected chi connectivity index (χ2v) is 8.31. The summed E-state index contributed by atoms with van der Waals surface area (Å²) < 4.78 is 15.9. The number of ether oxygens (including phenoxy) is 3. The van der Waals surface area contributed by atoms with Gasteiger partial charge in [0.1, 0.15) is 23.1 Å². The summed E-state index contributed by atoms with van der Waals surface area (Å²) in [5.41, 5.74) is 1.95. The first-order chi connectivity index (χ1) is 12.7. The predicted octanol–water partition coefficient (Wildman–Crippen LogP) is 4.72. The standard InChI is InChI=1S/C18H15NO4S3/c1-21-18(20)16-7-12(8-25-16)24-10-17-19-13(9-26-17)11-2-3-14-15(6-11)23-5-4-22-14/h2-3,6-9H,4-5,10H2,1H3. The Morgan fingerprint density at radius 2 is 2.04 bits per heavy atom. The molecular formula is C18H15NO4S3. The summed E-state index contributed by atoms with van der Waals surface area (Å²) >= 11 is 4.68. The molecule has 1 aliphatic heterocycles. The molecule has 0 N–H and O–H groups in total. The van der Waals surface area contributed by atoms with Crippen LogP contribution >= 0.6 is 34.4 Å². The van der Waals surface area contributed by atoms with Gasteiger partial charge in [0.05, 0.1) is 18.6 Å². The molecule has 0 aliphatic carbocycles. The maximum absolute atomic E-state index is 11.5. The Hall–Kier alpha value is -2.03. The molecule has 0 saturated carbocycles. The number of fused-ring (bicyclic) bond motifs is 1. The van der Waals surface area contributed by atoms with E-state index in [0.717, 1.165) is 38.4 Å². The summed E-state index contributed by atoms with van der Waals surface area (Å²) in [5.74, 6) is 2.01. The van der Waals surface area contributed by atoms with E-state index in [1.807, 2.05) is 29.6 Å². The first-order valence-electron chi connectivity index (χ1n) is 7.87. The maximum atomic E-state index is 11.5. The van der Waals surface area contributed by atoms with Crippen molar-refractivity contribution in [1.82, 2.24) is 4.98 Å². The SMILES string of the molecule is COC(=O)c1cc(SCc2nc(-c3ccc4c(c3)OCCO4)cs2)cs1. The van der Waals surface area contributed by atoms with Gasteiger partial charge in [-0.15, -0.1) is 34.4 Å². The van der Waals surface area contributed by atoms with E-state index < -0.39 is 0 Å². The minimum atomic E-state index is -0.294. The van der Waals surface area contributed by atoms with Gasteiger partial charge in [-0.05, 0) is 24.3 Å². The fourth-order valence-electron chi connectivity index (χ4n) is 2.46. The number of carbonyl (C=O) groups is 1. The third-order valence-electron chi connectivity index (χ3n) is 3.71. The van der Waals surface area contributed by atoms with E-state index in [-0.39, 0.29) is 5.97 Å². The van der Waals surface area contributed by atoms with Gasteiger partial charge in [-0.25, -0.2) is 9.78 Å². The zero-order valence-corrected chi connectivity index (χ0v) is 16.3. The van der Waals surface area contributed by atoms with E-state index in [4.69, 9.17) is 19.2 Å². The molecule has 0 radical (unpaired) electrons. The summed E-state index contributed by atoms with van der Waals surface area (Å²) in [7, 11) is 1.39. The minimum Gasteiger partial charge on any atom is -0.486 e. The lowest BCUT2D eigenvalue weighted by Gasteiger charge is -2.18. The molecule has 3 heterocycles. The van der Waals surface area contributed by atoms with Crippen molar-refractivity contribution >= 4 is 40.4 Å². The van der Waals surface area contributed by atoms with E-state index in [1.54, 1.807) is 23.1 Å². The molecule has 3 aromatic rings. The zero-order valence-electron chi connectivity index (χ0n) is 13.9. The van der Waals surface area contributed by atoms with Gasteiger partial charge in [-0.2, -0.15) is 0 Å². The van der Waals surface area contributed by atoms with Crippen LogP contribution in [0, 0.1) is 0 Å². The molecule has 0 spiro atoms. The van der Waals surface area contributed by atoms with E-state index in [2.05, 4.69) is 5.38 Å². The van der Waals surface area contributed by atoms with E-state index >= 15 is 0 Å². The second kappa shape index (κ2) is 7.69. The van der Waals surface area contributed by atoms with Crippen LogP contribution in [0.3, 0.4) is 0 Å². The Balaban J connectivity index is 1.43. The van der Waals surface area contributed by atoms with Gasteiger partial charge in [0.2, 0.25) is 0 Å². The number of hydrogen-bond donors (Lipinski definition) is 0. The lowest BCUT2D eigenvalue weighted by atomic mass is 10.1. The summed E-state index contributed by atoms with van der Waals surface area (Å²) in [4.78, 5) is 17.9. The Bertz CT molecular complexity index is 934. The largest absolute Gasteiger partial charge is 0.486 e. The van der Waals surface area contributed by atoms with Crippen LogP contribution in [-0.4, -0.2) is 31.3 Å². The first kappa shape index (κ1) is 17.4. The van der Waals surface area contributed by atoms with Crippen molar-refractivity contribution in [2.75, 3.05) is 20.3 Å². The van der Waals surface area contributed by atoms with Gasteiger partial charge < -0.3 is 14.2 Å². The molecule has 0 bridgehead atoms. The number of methoxy groups -OCH3 is 1. The van der Waals surface area contributed by atoms with Crippen LogP contribution in [0.2, 0.25) is 0 Å². The normalized spacial score (nSPS) is 12.8. The zero-order chi connectivity index (χ0) is 17.9. The summed E-state index contributed by atoms with van der Waals surface area (Å²) in [6.45, 7) is 1.16. The first-order valence-corrected chi connectivity index (χ1v) is 10.6. The molecule has 1 aliphatic rings. The van der Waals surface area contributed by atoms with Crippen molar-refractivity contribution in [2.24, 2.45) is 0 Å². The predicted molar refractivity (Wildman–Crippen MR) is 104 cm³/mol. The van der Waals surface area contributed by atoms with Gasteiger partial charge in [0.25, 0.3) is 0 Å². The number of thioether (sulfide) groups is 1. The average Bonchev–Trinajstić information content (AvgIpc) is 3.35. The molecule has 0 amide bonds. The van der Waals surface area contributed by atoms with Crippen LogP contribution < -0.4 is 9.47 Å². The number of aromatic nitrogens is 1. The molecule has 1 aromatic carbocycles. The smallest absolute Gasteiger partial charge is 0.348 e. The fourth-order valence-corrected chi connectivity index (χ4v) is 5.23. The number of rotatable bonds is 5. The summed E-state index contributed by atoms with van der Waals surface area (Å²) in [6, 6.07) is 7.76. The Labute approximate surface area is 162 Å². The number of hydrogen-bond acceptors (Lipinski definition) is 8. The average molecular weight is 406 g/mol. The van der Waals surface area contributed by atoms with Gasteiger partial charge >= 0.3 is 5.97 Å². The van der Waals surface area contributed by atoms with Crippen molar-refractivity contribution in [3.8, 4) is 22.8 Å². The Kier molecular flexibility index (Phi) is 5.14. The lowest BCUT2D eigenvalue weighted by Crippen LogP contribution is -2.15. The van der Waals surface area contributed by atoms with E-state index in [1.165, 1.54) is 18.4 Å². The lowest BCUT2D eigenvalue weighted by molar-refractivity contribution is 0.0606. The van der Waals surface area contributed by atoms with Crippen molar-refractivity contribution in [1.29, 1.82) is 0 Å². The van der Waals surface area contributed by atoms with Crippen LogP contribution in [0.15, 0.2) is 39.9 Å². The van der Waals surface area contributed by atoms with Gasteiger partial charge in [-0.1, -0.05) is 0 Å². The number of benzene rings is 1. The van der Waals surface area contributed by atoms with Crippen LogP contribution in [-0.2, 0) is 10.5 Å². The highest BCUT2D eigenvalue weighted by molar-refractivity contribution is 7.98. The van der Waals surface area contributed by atoms with Gasteiger partial charge in [-0.3, -0.25) is 0 Å². The Morgan fingerprint density at radius 1 is 1.19 bits per heavy atom. The molecule has 134 valence electrons. The van der Waals surface area contributed by atoms with E-state index in [9.17, 15) is 4.79 Å². The molecule has 2 aromatic heterocycles. The number of thiophene rings is 1. The van der Waals surface area contributed by atoms with Crippen molar-refractivity contribution in [2.45, 2.75) is 10.6 Å². The number of carbonyl (C=O) groups excluding carboxylic acids is 1. The quantitative estimate of drug-likeness (QED) is 0.452. The highest BCUT2D eigenvalue weighted by atomic mass is 32.2. The highest BCUT2D eigenvalue weighted by Crippen LogP contribution is 2.35. The van der Waals surface area contributed by atoms with Gasteiger partial charge in [0.15, 0.2) is 11.5 Å². The van der Waals surface area contributed by atoms with Gasteiger partial charge in [0, 0.05) is 21.2 Å². The molecule has 4 rings (SSSR count). The maximum Gasteiger partial charge on any atom is 0.348 e. The molecule has 8 heteroatoms. The highest BCUT2D eigenvalue weighted by Gasteiger charge is 2.14. The summed E-state index contributed by atoms with van der Waals surface area (Å²) in [6.07, 6.45) is 0. The third kappa shape index (κ3) is 3.72. The van der Waals surface area contributed by atoms with Crippen molar-refractivity contribution < 1.29 is 19.0 Å². The van der Waals surface area contributed by atoms with Crippen LogP contribution in [0.1, 0.15) is 14.7 Å². The number of nitrogens with zero attached hydrogens (tertiary/aromatic N) is 1. The molecular weight excluding hydrogens is 390 g/mol.